The zero-order chi connectivity index (χ0) is 14.0. The van der Waals surface area contributed by atoms with Crippen LogP contribution >= 0.6 is 0 Å². The lowest BCUT2D eigenvalue weighted by Crippen LogP contribution is -2.03. The SMILES string of the molecule is CCCCn1ccc2cc(C(=O)O)cc(C(C)C)c21. The van der Waals surface area contributed by atoms with Crippen molar-refractivity contribution in [1.29, 1.82) is 0 Å². The van der Waals surface area contributed by atoms with E-state index in [0.717, 1.165) is 30.3 Å². The molecule has 1 aromatic heterocycles. The number of aromatic carboxylic acids is 1. The number of hydrogen-bond acceptors (Lipinski definition) is 1. The van der Waals surface area contributed by atoms with Crippen LogP contribution in [0.1, 0.15) is 55.5 Å². The summed E-state index contributed by atoms with van der Waals surface area (Å²) in [6, 6.07) is 5.60. The minimum absolute atomic E-state index is 0.317. The molecule has 1 heterocycles. The van der Waals surface area contributed by atoms with E-state index in [1.807, 2.05) is 12.1 Å². The summed E-state index contributed by atoms with van der Waals surface area (Å²) in [7, 11) is 0. The third-order valence-electron chi connectivity index (χ3n) is 3.51. The minimum Gasteiger partial charge on any atom is -0.478 e. The summed E-state index contributed by atoms with van der Waals surface area (Å²) in [5.74, 6) is -0.540. The topological polar surface area (TPSA) is 42.2 Å². The number of fused-ring (bicyclic) bond motifs is 1. The lowest BCUT2D eigenvalue weighted by Gasteiger charge is -2.13. The van der Waals surface area contributed by atoms with Crippen molar-refractivity contribution in [3.63, 3.8) is 0 Å². The molecule has 0 aliphatic heterocycles. The fourth-order valence-electron chi connectivity index (χ4n) is 2.46. The van der Waals surface area contributed by atoms with Gasteiger partial charge >= 0.3 is 5.97 Å². The van der Waals surface area contributed by atoms with Gasteiger partial charge in [-0.1, -0.05) is 27.2 Å². The number of rotatable bonds is 5. The van der Waals surface area contributed by atoms with Gasteiger partial charge in [-0.05, 0) is 36.1 Å². The van der Waals surface area contributed by atoms with Gasteiger partial charge in [0, 0.05) is 18.1 Å². The van der Waals surface area contributed by atoms with E-state index in [9.17, 15) is 9.90 Å². The molecule has 0 saturated heterocycles. The van der Waals surface area contributed by atoms with E-state index in [1.165, 1.54) is 5.52 Å². The fraction of sp³-hybridized carbons (Fsp3) is 0.438. The highest BCUT2D eigenvalue weighted by Gasteiger charge is 2.14. The number of carboxylic acid groups (broad SMARTS) is 1. The Morgan fingerprint density at radius 2 is 2.11 bits per heavy atom. The average Bonchev–Trinajstić information content (AvgIpc) is 2.77. The smallest absolute Gasteiger partial charge is 0.335 e. The van der Waals surface area contributed by atoms with Crippen molar-refractivity contribution >= 4 is 16.9 Å². The fourth-order valence-corrected chi connectivity index (χ4v) is 2.46. The van der Waals surface area contributed by atoms with Crippen molar-refractivity contribution in [3.05, 3.63) is 35.5 Å². The van der Waals surface area contributed by atoms with Gasteiger partial charge in [0.05, 0.1) is 11.1 Å². The summed E-state index contributed by atoms with van der Waals surface area (Å²) in [6.45, 7) is 7.39. The lowest BCUT2D eigenvalue weighted by atomic mass is 9.97. The molecular weight excluding hydrogens is 238 g/mol. The van der Waals surface area contributed by atoms with Gasteiger partial charge in [0.15, 0.2) is 0 Å². The molecule has 0 unspecified atom stereocenters. The maximum atomic E-state index is 11.2. The van der Waals surface area contributed by atoms with Gasteiger partial charge in [-0.3, -0.25) is 0 Å². The van der Waals surface area contributed by atoms with E-state index in [1.54, 1.807) is 6.07 Å². The van der Waals surface area contributed by atoms with Gasteiger partial charge in [0.1, 0.15) is 0 Å². The zero-order valence-electron chi connectivity index (χ0n) is 11.8. The number of unbranched alkanes of at least 4 members (excludes halogenated alkanes) is 1. The van der Waals surface area contributed by atoms with Crippen LogP contribution < -0.4 is 0 Å². The molecule has 3 heteroatoms. The van der Waals surface area contributed by atoms with Crippen LogP contribution in [0.3, 0.4) is 0 Å². The Hall–Kier alpha value is -1.77. The Morgan fingerprint density at radius 3 is 2.68 bits per heavy atom. The highest BCUT2D eigenvalue weighted by molar-refractivity contribution is 5.95. The van der Waals surface area contributed by atoms with Crippen LogP contribution in [-0.2, 0) is 6.54 Å². The van der Waals surface area contributed by atoms with Crippen molar-refractivity contribution in [2.24, 2.45) is 0 Å². The highest BCUT2D eigenvalue weighted by atomic mass is 16.4. The van der Waals surface area contributed by atoms with Crippen LogP contribution in [0.4, 0.5) is 0 Å². The zero-order valence-corrected chi connectivity index (χ0v) is 11.8. The molecule has 1 aromatic carbocycles. The van der Waals surface area contributed by atoms with E-state index in [0.29, 0.717) is 11.5 Å². The summed E-state index contributed by atoms with van der Waals surface area (Å²) in [5, 5.41) is 10.2. The molecule has 0 atom stereocenters. The second-order valence-electron chi connectivity index (χ2n) is 5.33. The Bertz CT molecular complexity index is 596. The number of aryl methyl sites for hydroxylation is 1. The van der Waals surface area contributed by atoms with E-state index < -0.39 is 5.97 Å². The second-order valence-corrected chi connectivity index (χ2v) is 5.33. The molecule has 19 heavy (non-hydrogen) atoms. The van der Waals surface area contributed by atoms with E-state index in [-0.39, 0.29) is 0 Å². The first-order valence-electron chi connectivity index (χ1n) is 6.90. The third kappa shape index (κ3) is 2.65. The first kappa shape index (κ1) is 13.7. The van der Waals surface area contributed by atoms with E-state index in [2.05, 4.69) is 31.5 Å². The summed E-state index contributed by atoms with van der Waals surface area (Å²) in [4.78, 5) is 11.2. The first-order valence-corrected chi connectivity index (χ1v) is 6.90. The number of nitrogens with zero attached hydrogens (tertiary/aromatic N) is 1. The van der Waals surface area contributed by atoms with Gasteiger partial charge < -0.3 is 9.67 Å². The first-order chi connectivity index (χ1) is 9.04. The molecular formula is C16H21NO2. The Labute approximate surface area is 113 Å². The lowest BCUT2D eigenvalue weighted by molar-refractivity contribution is 0.0697. The third-order valence-corrected chi connectivity index (χ3v) is 3.51. The molecule has 2 aromatic rings. The molecule has 102 valence electrons. The molecule has 0 fully saturated rings. The van der Waals surface area contributed by atoms with E-state index in [4.69, 9.17) is 0 Å². The second kappa shape index (κ2) is 5.47. The standard InChI is InChI=1S/C16H21NO2/c1-4-5-7-17-8-6-12-9-13(16(18)19)10-14(11(2)3)15(12)17/h6,8-11H,4-5,7H2,1-3H3,(H,18,19). The monoisotopic (exact) mass is 259 g/mol. The molecule has 1 N–H and O–H groups in total. The maximum Gasteiger partial charge on any atom is 0.335 e. The van der Waals surface area contributed by atoms with Crippen LogP contribution in [0.5, 0.6) is 0 Å². The molecule has 0 spiro atoms. The van der Waals surface area contributed by atoms with Crippen LogP contribution in [0, 0.1) is 0 Å². The van der Waals surface area contributed by atoms with Crippen molar-refractivity contribution in [2.45, 2.75) is 46.1 Å². The van der Waals surface area contributed by atoms with Crippen LogP contribution in [0.25, 0.3) is 10.9 Å². The van der Waals surface area contributed by atoms with E-state index >= 15 is 0 Å². The van der Waals surface area contributed by atoms with Crippen LogP contribution in [0.15, 0.2) is 24.4 Å². The summed E-state index contributed by atoms with van der Waals surface area (Å²) < 4.78 is 2.25. The van der Waals surface area contributed by atoms with Crippen molar-refractivity contribution in [2.75, 3.05) is 0 Å². The van der Waals surface area contributed by atoms with Gasteiger partial charge in [-0.15, -0.1) is 0 Å². The molecule has 0 bridgehead atoms. The number of benzene rings is 1. The Morgan fingerprint density at radius 1 is 1.37 bits per heavy atom. The number of hydrogen-bond donors (Lipinski definition) is 1. The Kier molecular flexibility index (Phi) is 3.93. The number of carbonyl (C=O) groups is 1. The quantitative estimate of drug-likeness (QED) is 0.871. The molecule has 0 radical (unpaired) electrons. The van der Waals surface area contributed by atoms with Crippen molar-refractivity contribution < 1.29 is 9.90 Å². The number of aromatic nitrogens is 1. The number of carboxylic acids is 1. The van der Waals surface area contributed by atoms with Crippen molar-refractivity contribution in [3.8, 4) is 0 Å². The molecule has 3 nitrogen and oxygen atoms in total. The normalized spacial score (nSPS) is 11.4. The molecule has 2 rings (SSSR count). The molecule has 0 aliphatic carbocycles. The molecule has 0 amide bonds. The minimum atomic E-state index is -0.856. The van der Waals surface area contributed by atoms with Crippen LogP contribution in [0.2, 0.25) is 0 Å². The predicted molar refractivity (Wildman–Crippen MR) is 77.9 cm³/mol. The molecule has 0 saturated carbocycles. The van der Waals surface area contributed by atoms with Gasteiger partial charge in [0.25, 0.3) is 0 Å². The van der Waals surface area contributed by atoms with Gasteiger partial charge in [-0.2, -0.15) is 0 Å². The van der Waals surface area contributed by atoms with Crippen LogP contribution in [-0.4, -0.2) is 15.6 Å². The summed E-state index contributed by atoms with van der Waals surface area (Å²) in [6.07, 6.45) is 4.36. The Balaban J connectivity index is 2.61. The largest absolute Gasteiger partial charge is 0.478 e. The molecule has 0 aliphatic rings. The summed E-state index contributed by atoms with van der Waals surface area (Å²) in [5.41, 5.74) is 2.69. The van der Waals surface area contributed by atoms with Gasteiger partial charge in [0.2, 0.25) is 0 Å². The maximum absolute atomic E-state index is 11.2. The summed E-state index contributed by atoms with van der Waals surface area (Å²) >= 11 is 0. The van der Waals surface area contributed by atoms with Crippen molar-refractivity contribution in [1.82, 2.24) is 4.57 Å². The van der Waals surface area contributed by atoms with Gasteiger partial charge in [-0.25, -0.2) is 4.79 Å². The predicted octanol–water partition coefficient (Wildman–Crippen LogP) is 4.26. The highest BCUT2D eigenvalue weighted by Crippen LogP contribution is 2.28. The average molecular weight is 259 g/mol.